The summed E-state index contributed by atoms with van der Waals surface area (Å²) in [4.78, 5) is 0. The van der Waals surface area contributed by atoms with Crippen molar-refractivity contribution >= 4 is 22.6 Å². The predicted molar refractivity (Wildman–Crippen MR) is 61.0 cm³/mol. The lowest BCUT2D eigenvalue weighted by molar-refractivity contribution is 0.600. The quantitative estimate of drug-likeness (QED) is 0.851. The molecular formula is C10H13FIN. The van der Waals surface area contributed by atoms with Crippen LogP contribution in [0.5, 0.6) is 0 Å². The molecule has 1 aromatic carbocycles. The van der Waals surface area contributed by atoms with Gasteiger partial charge in [0.15, 0.2) is 0 Å². The van der Waals surface area contributed by atoms with Gasteiger partial charge in [0, 0.05) is 9.61 Å². The number of nitrogens with two attached hydrogens (primary N) is 1. The molecule has 0 heterocycles. The molecule has 13 heavy (non-hydrogen) atoms. The van der Waals surface area contributed by atoms with Gasteiger partial charge in [-0.1, -0.05) is 19.4 Å². The van der Waals surface area contributed by atoms with Gasteiger partial charge in [0.2, 0.25) is 0 Å². The average Bonchev–Trinajstić information content (AvgIpc) is 2.10. The molecule has 0 saturated heterocycles. The molecule has 0 aromatic heterocycles. The molecule has 0 amide bonds. The van der Waals surface area contributed by atoms with E-state index in [4.69, 9.17) is 5.73 Å². The zero-order valence-electron chi connectivity index (χ0n) is 7.56. The van der Waals surface area contributed by atoms with Crippen LogP contribution in [0.1, 0.15) is 31.4 Å². The van der Waals surface area contributed by atoms with E-state index in [2.05, 4.69) is 6.92 Å². The first-order valence-corrected chi connectivity index (χ1v) is 5.43. The fraction of sp³-hybridized carbons (Fsp3) is 0.400. The maximum Gasteiger partial charge on any atom is 0.136 e. The van der Waals surface area contributed by atoms with Crippen molar-refractivity contribution in [2.45, 2.75) is 25.8 Å². The van der Waals surface area contributed by atoms with E-state index < -0.39 is 0 Å². The molecule has 72 valence electrons. The van der Waals surface area contributed by atoms with E-state index in [1.807, 2.05) is 28.7 Å². The largest absolute Gasteiger partial charge is 0.324 e. The molecule has 0 unspecified atom stereocenters. The topological polar surface area (TPSA) is 26.0 Å². The van der Waals surface area contributed by atoms with Crippen molar-refractivity contribution in [3.8, 4) is 0 Å². The van der Waals surface area contributed by atoms with Gasteiger partial charge in [0.1, 0.15) is 5.82 Å². The zero-order valence-corrected chi connectivity index (χ0v) is 9.71. The Balaban J connectivity index is 2.84. The van der Waals surface area contributed by atoms with Gasteiger partial charge in [-0.25, -0.2) is 4.39 Å². The van der Waals surface area contributed by atoms with Crippen LogP contribution in [0, 0.1) is 9.39 Å². The number of halogens is 2. The summed E-state index contributed by atoms with van der Waals surface area (Å²) in [5, 5.41) is 0. The first-order chi connectivity index (χ1) is 6.15. The lowest BCUT2D eigenvalue weighted by Gasteiger charge is -2.10. The molecule has 3 heteroatoms. The first kappa shape index (κ1) is 10.9. The highest BCUT2D eigenvalue weighted by Crippen LogP contribution is 2.19. The van der Waals surface area contributed by atoms with Gasteiger partial charge in [-0.3, -0.25) is 0 Å². The third kappa shape index (κ3) is 2.91. The molecule has 0 aliphatic rings. The maximum absolute atomic E-state index is 13.1. The molecule has 0 aliphatic heterocycles. The molecule has 0 fully saturated rings. The Hall–Kier alpha value is -0.160. The minimum atomic E-state index is -0.176. The fourth-order valence-corrected chi connectivity index (χ4v) is 1.56. The third-order valence-corrected chi connectivity index (χ3v) is 2.85. The Labute approximate surface area is 91.7 Å². The monoisotopic (exact) mass is 293 g/mol. The van der Waals surface area contributed by atoms with Crippen molar-refractivity contribution in [1.82, 2.24) is 0 Å². The molecule has 0 saturated carbocycles. The van der Waals surface area contributed by atoms with E-state index >= 15 is 0 Å². The summed E-state index contributed by atoms with van der Waals surface area (Å²) in [5.74, 6) is -0.176. The van der Waals surface area contributed by atoms with Crippen LogP contribution < -0.4 is 5.73 Å². The van der Waals surface area contributed by atoms with Crippen LogP contribution in [0.2, 0.25) is 0 Å². The van der Waals surface area contributed by atoms with Crippen LogP contribution in [0.25, 0.3) is 0 Å². The Morgan fingerprint density at radius 3 is 2.77 bits per heavy atom. The lowest BCUT2D eigenvalue weighted by atomic mass is 10.0. The van der Waals surface area contributed by atoms with Crippen LogP contribution >= 0.6 is 22.6 Å². The first-order valence-electron chi connectivity index (χ1n) is 4.35. The Bertz CT molecular complexity index is 288. The Kier molecular flexibility index (Phi) is 4.12. The van der Waals surface area contributed by atoms with Crippen LogP contribution in [0.15, 0.2) is 18.2 Å². The van der Waals surface area contributed by atoms with E-state index in [0.717, 1.165) is 18.4 Å². The van der Waals surface area contributed by atoms with Crippen molar-refractivity contribution in [1.29, 1.82) is 0 Å². The summed E-state index contributed by atoms with van der Waals surface area (Å²) in [6.45, 7) is 2.07. The third-order valence-electron chi connectivity index (χ3n) is 1.97. The number of rotatable bonds is 3. The van der Waals surface area contributed by atoms with Crippen LogP contribution in [0.3, 0.4) is 0 Å². The minimum Gasteiger partial charge on any atom is -0.324 e. The second-order valence-corrected chi connectivity index (χ2v) is 4.23. The lowest BCUT2D eigenvalue weighted by Crippen LogP contribution is -2.10. The number of hydrogen-bond donors (Lipinski definition) is 1. The van der Waals surface area contributed by atoms with Gasteiger partial charge < -0.3 is 5.73 Å². The van der Waals surface area contributed by atoms with Crippen molar-refractivity contribution < 1.29 is 4.39 Å². The van der Waals surface area contributed by atoms with E-state index in [-0.39, 0.29) is 11.9 Å². The van der Waals surface area contributed by atoms with Gasteiger partial charge in [-0.2, -0.15) is 0 Å². The van der Waals surface area contributed by atoms with E-state index in [9.17, 15) is 4.39 Å². The molecule has 1 rings (SSSR count). The van der Waals surface area contributed by atoms with E-state index in [1.54, 1.807) is 6.07 Å². The van der Waals surface area contributed by atoms with Crippen molar-refractivity contribution in [3.05, 3.63) is 33.1 Å². The Morgan fingerprint density at radius 1 is 1.54 bits per heavy atom. The summed E-state index contributed by atoms with van der Waals surface area (Å²) < 4.78 is 13.8. The second-order valence-electron chi connectivity index (χ2n) is 3.07. The summed E-state index contributed by atoms with van der Waals surface area (Å²) in [6.07, 6.45) is 1.93. The minimum absolute atomic E-state index is 0.0310. The van der Waals surface area contributed by atoms with Gasteiger partial charge >= 0.3 is 0 Å². The summed E-state index contributed by atoms with van der Waals surface area (Å²) in [6, 6.07) is 5.16. The molecule has 1 atom stereocenters. The highest BCUT2D eigenvalue weighted by Gasteiger charge is 2.07. The van der Waals surface area contributed by atoms with Gasteiger partial charge in [0.05, 0.1) is 0 Å². The SMILES string of the molecule is CCC[C@H](N)c1ccc(I)c(F)c1. The number of hydrogen-bond acceptors (Lipinski definition) is 1. The molecule has 0 radical (unpaired) electrons. The van der Waals surface area contributed by atoms with E-state index in [0.29, 0.717) is 3.57 Å². The molecule has 0 spiro atoms. The standard InChI is InChI=1S/C10H13FIN/c1-2-3-10(13)7-4-5-9(12)8(11)6-7/h4-6,10H,2-3,13H2,1H3/t10-/m0/s1. The summed E-state index contributed by atoms with van der Waals surface area (Å²) in [7, 11) is 0. The van der Waals surface area contributed by atoms with E-state index in [1.165, 1.54) is 6.07 Å². The van der Waals surface area contributed by atoms with Gasteiger partial charge in [0.25, 0.3) is 0 Å². The fourth-order valence-electron chi connectivity index (χ4n) is 1.22. The Morgan fingerprint density at radius 2 is 2.23 bits per heavy atom. The van der Waals surface area contributed by atoms with Gasteiger partial charge in [-0.05, 0) is 46.7 Å². The van der Waals surface area contributed by atoms with Crippen LogP contribution in [0.4, 0.5) is 4.39 Å². The molecule has 1 nitrogen and oxygen atoms in total. The molecule has 1 aromatic rings. The molecule has 2 N–H and O–H groups in total. The van der Waals surface area contributed by atoms with Crippen molar-refractivity contribution in [2.75, 3.05) is 0 Å². The normalized spacial score (nSPS) is 12.9. The number of benzene rings is 1. The predicted octanol–water partition coefficient (Wildman–Crippen LogP) is 3.23. The summed E-state index contributed by atoms with van der Waals surface area (Å²) >= 11 is 1.97. The van der Waals surface area contributed by atoms with Crippen LogP contribution in [-0.2, 0) is 0 Å². The van der Waals surface area contributed by atoms with Gasteiger partial charge in [-0.15, -0.1) is 0 Å². The highest BCUT2D eigenvalue weighted by molar-refractivity contribution is 14.1. The maximum atomic E-state index is 13.1. The molecular weight excluding hydrogens is 280 g/mol. The second kappa shape index (κ2) is 4.91. The van der Waals surface area contributed by atoms with Crippen LogP contribution in [-0.4, -0.2) is 0 Å². The highest BCUT2D eigenvalue weighted by atomic mass is 127. The molecule has 0 bridgehead atoms. The summed E-state index contributed by atoms with van der Waals surface area (Å²) in [5.41, 5.74) is 6.74. The molecule has 0 aliphatic carbocycles. The average molecular weight is 293 g/mol. The van der Waals surface area contributed by atoms with Crippen molar-refractivity contribution in [3.63, 3.8) is 0 Å². The van der Waals surface area contributed by atoms with Crippen molar-refractivity contribution in [2.24, 2.45) is 5.73 Å². The zero-order chi connectivity index (χ0) is 9.84. The smallest absolute Gasteiger partial charge is 0.136 e.